The number of amides is 1. The minimum atomic E-state index is -4.46. The normalized spacial score (nSPS) is 12.1. The predicted molar refractivity (Wildman–Crippen MR) is 114 cm³/mol. The van der Waals surface area contributed by atoms with Gasteiger partial charge < -0.3 is 14.5 Å². The summed E-state index contributed by atoms with van der Waals surface area (Å²) in [5.74, 6) is -0.0447. The number of halogens is 3. The number of carbonyl (C=O) groups is 1. The summed E-state index contributed by atoms with van der Waals surface area (Å²) in [5, 5.41) is 3.37. The van der Waals surface area contributed by atoms with Crippen LogP contribution in [0.15, 0.2) is 88.3 Å². The van der Waals surface area contributed by atoms with Crippen molar-refractivity contribution in [3.8, 4) is 5.75 Å². The Morgan fingerprint density at radius 3 is 2.34 bits per heavy atom. The molecule has 0 aliphatic carbocycles. The number of fused-ring (bicyclic) bond motifs is 1. The summed E-state index contributed by atoms with van der Waals surface area (Å²) in [6.07, 6.45) is -4.46. The van der Waals surface area contributed by atoms with E-state index in [9.17, 15) is 18.0 Å². The number of rotatable bonds is 4. The summed E-state index contributed by atoms with van der Waals surface area (Å²) in [6, 6.07) is 19.9. The first-order chi connectivity index (χ1) is 15.3. The second-order valence-corrected chi connectivity index (χ2v) is 6.82. The Hall–Kier alpha value is -4.07. The Balaban J connectivity index is 1.85. The maximum Gasteiger partial charge on any atom is 0.416 e. The van der Waals surface area contributed by atoms with Crippen molar-refractivity contribution in [3.63, 3.8) is 0 Å². The van der Waals surface area contributed by atoms with E-state index in [2.05, 4.69) is 10.3 Å². The van der Waals surface area contributed by atoms with Crippen molar-refractivity contribution in [1.82, 2.24) is 0 Å². The third-order valence-corrected chi connectivity index (χ3v) is 4.66. The molecule has 0 spiro atoms. The average molecular weight is 438 g/mol. The number of hydrogen-bond donors (Lipinski definition) is 1. The van der Waals surface area contributed by atoms with E-state index < -0.39 is 17.6 Å². The largest absolute Gasteiger partial charge is 0.493 e. The second kappa shape index (κ2) is 8.58. The highest BCUT2D eigenvalue weighted by atomic mass is 19.4. The molecule has 32 heavy (non-hydrogen) atoms. The molecule has 5 nitrogen and oxygen atoms in total. The van der Waals surface area contributed by atoms with Crippen LogP contribution in [0.4, 0.5) is 24.5 Å². The third-order valence-electron chi connectivity index (χ3n) is 4.66. The van der Waals surface area contributed by atoms with Gasteiger partial charge >= 0.3 is 6.18 Å². The molecule has 0 atom stereocenters. The van der Waals surface area contributed by atoms with Crippen LogP contribution < -0.4 is 15.6 Å². The molecule has 3 aromatic carbocycles. The maximum atomic E-state index is 13.0. The molecule has 1 aromatic heterocycles. The fraction of sp³-hybridized carbons (Fsp3) is 0.0833. The Morgan fingerprint density at radius 2 is 1.69 bits per heavy atom. The Bertz CT molecular complexity index is 1330. The van der Waals surface area contributed by atoms with Crippen molar-refractivity contribution in [1.29, 1.82) is 0 Å². The molecular weight excluding hydrogens is 421 g/mol. The molecule has 0 saturated carbocycles. The molecule has 1 amide bonds. The lowest BCUT2D eigenvalue weighted by atomic mass is 10.1. The smallest absolute Gasteiger partial charge is 0.416 e. The zero-order chi connectivity index (χ0) is 22.7. The Labute approximate surface area is 180 Å². The zero-order valence-electron chi connectivity index (χ0n) is 16.8. The van der Waals surface area contributed by atoms with Crippen LogP contribution in [0.25, 0.3) is 11.0 Å². The van der Waals surface area contributed by atoms with Gasteiger partial charge in [-0.15, -0.1) is 0 Å². The number of methoxy groups -OCH3 is 1. The average Bonchev–Trinajstić information content (AvgIpc) is 2.78. The number of hydrogen-bond acceptors (Lipinski definition) is 4. The van der Waals surface area contributed by atoms with E-state index in [1.54, 1.807) is 48.5 Å². The van der Waals surface area contributed by atoms with Crippen LogP contribution in [-0.4, -0.2) is 13.0 Å². The first kappa shape index (κ1) is 21.2. The number of benzene rings is 3. The van der Waals surface area contributed by atoms with Crippen LogP contribution in [0.1, 0.15) is 15.9 Å². The van der Waals surface area contributed by atoms with Gasteiger partial charge in [0.2, 0.25) is 5.55 Å². The predicted octanol–water partition coefficient (Wildman–Crippen LogP) is 5.94. The molecule has 0 radical (unpaired) electrons. The van der Waals surface area contributed by atoms with Crippen LogP contribution in [0.3, 0.4) is 0 Å². The Morgan fingerprint density at radius 1 is 0.969 bits per heavy atom. The van der Waals surface area contributed by atoms with E-state index in [1.807, 2.05) is 6.07 Å². The van der Waals surface area contributed by atoms with Gasteiger partial charge in [-0.1, -0.05) is 30.3 Å². The fourth-order valence-corrected chi connectivity index (χ4v) is 3.09. The molecule has 0 bridgehead atoms. The molecule has 0 fully saturated rings. The number of ether oxygens (including phenoxy) is 1. The fourth-order valence-electron chi connectivity index (χ4n) is 3.09. The van der Waals surface area contributed by atoms with Crippen LogP contribution in [0, 0.1) is 0 Å². The molecule has 4 aromatic rings. The van der Waals surface area contributed by atoms with E-state index in [1.165, 1.54) is 19.2 Å². The first-order valence-electron chi connectivity index (χ1n) is 9.54. The molecular formula is C24H17F3N2O3. The number of alkyl halides is 3. The molecule has 0 unspecified atom stereocenters. The summed E-state index contributed by atoms with van der Waals surface area (Å²) in [4.78, 5) is 17.3. The topological polar surface area (TPSA) is 63.8 Å². The summed E-state index contributed by atoms with van der Waals surface area (Å²) < 4.78 is 49.8. The second-order valence-electron chi connectivity index (χ2n) is 6.82. The number of anilines is 1. The zero-order valence-corrected chi connectivity index (χ0v) is 16.8. The monoisotopic (exact) mass is 438 g/mol. The van der Waals surface area contributed by atoms with Gasteiger partial charge in [0.15, 0.2) is 11.3 Å². The van der Waals surface area contributed by atoms with Crippen molar-refractivity contribution < 1.29 is 27.1 Å². The van der Waals surface area contributed by atoms with Gasteiger partial charge in [0.1, 0.15) is 5.56 Å². The number of para-hydroxylation sites is 2. The van der Waals surface area contributed by atoms with Gasteiger partial charge in [-0.25, -0.2) is 4.99 Å². The number of carbonyl (C=O) groups excluding carboxylic acids is 1. The quantitative estimate of drug-likeness (QED) is 0.429. The summed E-state index contributed by atoms with van der Waals surface area (Å²) in [5.41, 5.74) is 0.394. The van der Waals surface area contributed by atoms with Crippen molar-refractivity contribution in [3.05, 3.63) is 95.5 Å². The van der Waals surface area contributed by atoms with Gasteiger partial charge in [-0.2, -0.15) is 13.2 Å². The van der Waals surface area contributed by atoms with Gasteiger partial charge in [-0.05, 0) is 48.5 Å². The highest BCUT2D eigenvalue weighted by molar-refractivity contribution is 6.05. The van der Waals surface area contributed by atoms with E-state index in [4.69, 9.17) is 9.15 Å². The van der Waals surface area contributed by atoms with Crippen LogP contribution in [0.5, 0.6) is 5.75 Å². The van der Waals surface area contributed by atoms with E-state index in [-0.39, 0.29) is 16.8 Å². The minimum absolute atomic E-state index is 0.0600. The standard InChI is InChI=1S/C24H17F3N2O3/c1-31-20-9-5-6-15-14-19(22(30)28-17-7-3-2-4-8-17)23(32-21(15)20)29-18-12-10-16(11-13-18)24(25,26)27/h2-14H,1H3,(H,28,30). The molecule has 0 aliphatic rings. The number of nitrogens with zero attached hydrogens (tertiary/aromatic N) is 1. The minimum Gasteiger partial charge on any atom is -0.493 e. The van der Waals surface area contributed by atoms with Gasteiger partial charge in [-0.3, -0.25) is 4.79 Å². The Kier molecular flexibility index (Phi) is 5.68. The summed E-state index contributed by atoms with van der Waals surface area (Å²) in [6.45, 7) is 0. The molecule has 4 rings (SSSR count). The molecule has 1 N–H and O–H groups in total. The number of nitrogens with one attached hydrogen (secondary N) is 1. The highest BCUT2D eigenvalue weighted by Crippen LogP contribution is 2.30. The SMILES string of the molecule is COc1cccc2cc(C(=O)Nc3ccccc3)c(=Nc3ccc(C(F)(F)F)cc3)oc12. The van der Waals surface area contributed by atoms with E-state index >= 15 is 0 Å². The molecule has 162 valence electrons. The molecule has 1 heterocycles. The van der Waals surface area contributed by atoms with Crippen LogP contribution in [-0.2, 0) is 6.18 Å². The molecule has 0 saturated heterocycles. The highest BCUT2D eigenvalue weighted by Gasteiger charge is 2.30. The third kappa shape index (κ3) is 4.49. The van der Waals surface area contributed by atoms with Gasteiger partial charge in [0.05, 0.1) is 18.4 Å². The maximum absolute atomic E-state index is 13.0. The first-order valence-corrected chi connectivity index (χ1v) is 9.54. The van der Waals surface area contributed by atoms with Gasteiger partial charge in [0, 0.05) is 11.1 Å². The lowest BCUT2D eigenvalue weighted by Gasteiger charge is -2.09. The van der Waals surface area contributed by atoms with Crippen molar-refractivity contribution in [2.45, 2.75) is 6.18 Å². The van der Waals surface area contributed by atoms with Crippen molar-refractivity contribution in [2.24, 2.45) is 4.99 Å². The van der Waals surface area contributed by atoms with E-state index in [0.29, 0.717) is 22.4 Å². The van der Waals surface area contributed by atoms with E-state index in [0.717, 1.165) is 12.1 Å². The van der Waals surface area contributed by atoms with Crippen molar-refractivity contribution in [2.75, 3.05) is 12.4 Å². The molecule has 8 heteroatoms. The van der Waals surface area contributed by atoms with Crippen molar-refractivity contribution >= 4 is 28.3 Å². The van der Waals surface area contributed by atoms with Crippen LogP contribution >= 0.6 is 0 Å². The van der Waals surface area contributed by atoms with Crippen LogP contribution in [0.2, 0.25) is 0 Å². The summed E-state index contributed by atoms with van der Waals surface area (Å²) in [7, 11) is 1.48. The van der Waals surface area contributed by atoms with Gasteiger partial charge in [0.25, 0.3) is 5.91 Å². The lowest BCUT2D eigenvalue weighted by Crippen LogP contribution is -2.21. The molecule has 0 aliphatic heterocycles. The summed E-state index contributed by atoms with van der Waals surface area (Å²) >= 11 is 0. The lowest BCUT2D eigenvalue weighted by molar-refractivity contribution is -0.137.